The van der Waals surface area contributed by atoms with Gasteiger partial charge in [0.05, 0.1) is 31.0 Å². The van der Waals surface area contributed by atoms with Crippen molar-refractivity contribution in [3.05, 3.63) is 46.5 Å². The molecule has 6 nitrogen and oxygen atoms in total. The van der Waals surface area contributed by atoms with Crippen molar-refractivity contribution in [2.45, 2.75) is 26.7 Å². The van der Waals surface area contributed by atoms with E-state index < -0.39 is 0 Å². The fourth-order valence-electron chi connectivity index (χ4n) is 2.70. The number of thiazole rings is 1. The Morgan fingerprint density at radius 2 is 2.04 bits per heavy atom. The van der Waals surface area contributed by atoms with Gasteiger partial charge in [0.2, 0.25) is 5.91 Å². The van der Waals surface area contributed by atoms with E-state index in [0.717, 1.165) is 54.8 Å². The first kappa shape index (κ1) is 18.5. The number of amides is 1. The summed E-state index contributed by atoms with van der Waals surface area (Å²) in [5.41, 5.74) is 6.54. The molecule has 1 aromatic carbocycles. The minimum atomic E-state index is -0.151. The van der Waals surface area contributed by atoms with Gasteiger partial charge in [0, 0.05) is 18.5 Å². The summed E-state index contributed by atoms with van der Waals surface area (Å²) in [5, 5.41) is 7.19. The lowest BCUT2D eigenvalue weighted by molar-refractivity contribution is -0.120. The first-order valence-corrected chi connectivity index (χ1v) is 9.73. The summed E-state index contributed by atoms with van der Waals surface area (Å²) < 4.78 is 5.36. The fraction of sp³-hybridized carbons (Fsp3) is 0.421. The molecule has 1 aliphatic rings. The van der Waals surface area contributed by atoms with E-state index in [1.807, 2.05) is 43.5 Å². The third-order valence-electron chi connectivity index (χ3n) is 4.20. The van der Waals surface area contributed by atoms with Crippen LogP contribution in [0.1, 0.15) is 30.2 Å². The van der Waals surface area contributed by atoms with Gasteiger partial charge in [0.25, 0.3) is 0 Å². The maximum absolute atomic E-state index is 12.2. The molecule has 1 amide bonds. The molecule has 1 fully saturated rings. The lowest BCUT2D eigenvalue weighted by atomic mass is 10.1. The molecule has 0 unspecified atom stereocenters. The van der Waals surface area contributed by atoms with E-state index in [-0.39, 0.29) is 12.3 Å². The van der Waals surface area contributed by atoms with E-state index in [0.29, 0.717) is 0 Å². The van der Waals surface area contributed by atoms with Gasteiger partial charge in [-0.25, -0.2) is 10.4 Å². The summed E-state index contributed by atoms with van der Waals surface area (Å²) in [5.74, 6) is -0.151. The average molecular weight is 372 g/mol. The van der Waals surface area contributed by atoms with E-state index in [4.69, 9.17) is 4.74 Å². The van der Waals surface area contributed by atoms with Crippen molar-refractivity contribution in [1.82, 2.24) is 10.4 Å². The van der Waals surface area contributed by atoms with Crippen LogP contribution in [-0.2, 0) is 16.0 Å². The molecule has 0 atom stereocenters. The standard InChI is InChI=1S/C19H24N4O2S/c1-3-17(15-6-4-14(2)5-7-15)21-22-18(24)12-16-13-26-19(20-16)23-8-10-25-11-9-23/h4-7,13H,3,8-12H2,1-2H3,(H,22,24)/b21-17-. The molecule has 0 spiro atoms. The first-order valence-electron chi connectivity index (χ1n) is 8.85. The Bertz CT molecular complexity index is 764. The molecule has 3 rings (SSSR count). The Balaban J connectivity index is 1.57. The van der Waals surface area contributed by atoms with Crippen LogP contribution in [0.25, 0.3) is 0 Å². The van der Waals surface area contributed by atoms with Crippen molar-refractivity contribution >= 4 is 28.1 Å². The van der Waals surface area contributed by atoms with Gasteiger partial charge < -0.3 is 9.64 Å². The van der Waals surface area contributed by atoms with Crippen molar-refractivity contribution in [2.24, 2.45) is 5.10 Å². The summed E-state index contributed by atoms with van der Waals surface area (Å²) in [6, 6.07) is 8.15. The lowest BCUT2D eigenvalue weighted by Crippen LogP contribution is -2.36. The van der Waals surface area contributed by atoms with Crippen molar-refractivity contribution in [2.75, 3.05) is 31.2 Å². The maximum Gasteiger partial charge on any atom is 0.246 e. The Labute approximate surface area is 157 Å². The molecule has 0 bridgehead atoms. The number of aromatic nitrogens is 1. The number of ether oxygens (including phenoxy) is 1. The summed E-state index contributed by atoms with van der Waals surface area (Å²) in [6.45, 7) is 7.22. The smallest absolute Gasteiger partial charge is 0.246 e. The number of nitrogens with one attached hydrogen (secondary N) is 1. The molecular weight excluding hydrogens is 348 g/mol. The number of hydrogen-bond donors (Lipinski definition) is 1. The molecule has 0 radical (unpaired) electrons. The quantitative estimate of drug-likeness (QED) is 0.625. The predicted molar refractivity (Wildman–Crippen MR) is 105 cm³/mol. The van der Waals surface area contributed by atoms with Crippen LogP contribution >= 0.6 is 11.3 Å². The van der Waals surface area contributed by atoms with Gasteiger partial charge in [-0.1, -0.05) is 36.8 Å². The molecule has 1 aromatic heterocycles. The van der Waals surface area contributed by atoms with Crippen molar-refractivity contribution in [3.63, 3.8) is 0 Å². The molecule has 0 aliphatic carbocycles. The summed E-state index contributed by atoms with van der Waals surface area (Å²) in [6.07, 6.45) is 0.983. The molecule has 26 heavy (non-hydrogen) atoms. The zero-order chi connectivity index (χ0) is 18.4. The van der Waals surface area contributed by atoms with Crippen LogP contribution in [-0.4, -0.2) is 42.9 Å². The minimum Gasteiger partial charge on any atom is -0.378 e. The molecule has 7 heteroatoms. The zero-order valence-electron chi connectivity index (χ0n) is 15.2. The molecule has 0 saturated carbocycles. The number of rotatable bonds is 6. The molecule has 1 aliphatic heterocycles. The second-order valence-corrected chi connectivity index (χ2v) is 7.05. The van der Waals surface area contributed by atoms with Gasteiger partial charge >= 0.3 is 0 Å². The van der Waals surface area contributed by atoms with Gasteiger partial charge in [-0.05, 0) is 18.9 Å². The number of carbonyl (C=O) groups excluding carboxylic acids is 1. The first-order chi connectivity index (χ1) is 12.7. The van der Waals surface area contributed by atoms with Gasteiger partial charge in [-0.2, -0.15) is 5.10 Å². The minimum absolute atomic E-state index is 0.151. The number of aryl methyl sites for hydroxylation is 1. The SMILES string of the molecule is CC/C(=N/NC(=O)Cc1csc(N2CCOCC2)n1)c1ccc(C)cc1. The Hall–Kier alpha value is -2.25. The number of benzene rings is 1. The number of hydrazone groups is 1. The number of nitrogens with zero attached hydrogens (tertiary/aromatic N) is 3. The van der Waals surface area contributed by atoms with Gasteiger partial charge in [0.15, 0.2) is 5.13 Å². The Kier molecular flexibility index (Phi) is 6.35. The number of carbonyl (C=O) groups is 1. The molecular formula is C19H24N4O2S. The van der Waals surface area contributed by atoms with Crippen LogP contribution in [0, 0.1) is 6.92 Å². The average Bonchev–Trinajstić information content (AvgIpc) is 3.13. The number of morpholine rings is 1. The van der Waals surface area contributed by atoms with E-state index in [2.05, 4.69) is 20.4 Å². The lowest BCUT2D eigenvalue weighted by Gasteiger charge is -2.26. The van der Waals surface area contributed by atoms with E-state index in [1.165, 1.54) is 5.56 Å². The Morgan fingerprint density at radius 3 is 2.73 bits per heavy atom. The van der Waals surface area contributed by atoms with Crippen molar-refractivity contribution in [3.8, 4) is 0 Å². The molecule has 2 heterocycles. The molecule has 2 aromatic rings. The van der Waals surface area contributed by atoms with Gasteiger partial charge in [-0.15, -0.1) is 11.3 Å². The van der Waals surface area contributed by atoms with Crippen LogP contribution in [0.15, 0.2) is 34.7 Å². The molecule has 1 saturated heterocycles. The number of anilines is 1. The van der Waals surface area contributed by atoms with Gasteiger partial charge in [-0.3, -0.25) is 4.79 Å². The van der Waals surface area contributed by atoms with Crippen LogP contribution in [0.2, 0.25) is 0 Å². The van der Waals surface area contributed by atoms with E-state index in [9.17, 15) is 4.79 Å². The van der Waals surface area contributed by atoms with Crippen molar-refractivity contribution < 1.29 is 9.53 Å². The summed E-state index contributed by atoms with van der Waals surface area (Å²) in [4.78, 5) is 19.0. The zero-order valence-corrected chi connectivity index (χ0v) is 16.0. The maximum atomic E-state index is 12.2. The highest BCUT2D eigenvalue weighted by molar-refractivity contribution is 7.13. The topological polar surface area (TPSA) is 66.8 Å². The fourth-order valence-corrected chi connectivity index (χ4v) is 3.58. The third-order valence-corrected chi connectivity index (χ3v) is 5.15. The van der Waals surface area contributed by atoms with Crippen LogP contribution in [0.4, 0.5) is 5.13 Å². The van der Waals surface area contributed by atoms with Crippen LogP contribution in [0.5, 0.6) is 0 Å². The number of hydrogen-bond acceptors (Lipinski definition) is 6. The largest absolute Gasteiger partial charge is 0.378 e. The summed E-state index contributed by atoms with van der Waals surface area (Å²) in [7, 11) is 0. The van der Waals surface area contributed by atoms with E-state index >= 15 is 0 Å². The second kappa shape index (κ2) is 8.91. The summed E-state index contributed by atoms with van der Waals surface area (Å²) >= 11 is 1.57. The predicted octanol–water partition coefficient (Wildman–Crippen LogP) is 2.76. The Morgan fingerprint density at radius 1 is 1.31 bits per heavy atom. The normalized spacial score (nSPS) is 15.2. The van der Waals surface area contributed by atoms with E-state index in [1.54, 1.807) is 11.3 Å². The highest BCUT2D eigenvalue weighted by Crippen LogP contribution is 2.21. The second-order valence-electron chi connectivity index (χ2n) is 6.21. The van der Waals surface area contributed by atoms with Crippen molar-refractivity contribution in [1.29, 1.82) is 0 Å². The van der Waals surface area contributed by atoms with Crippen LogP contribution in [0.3, 0.4) is 0 Å². The van der Waals surface area contributed by atoms with Crippen LogP contribution < -0.4 is 10.3 Å². The third kappa shape index (κ3) is 4.89. The highest BCUT2D eigenvalue weighted by Gasteiger charge is 2.15. The highest BCUT2D eigenvalue weighted by atomic mass is 32.1. The monoisotopic (exact) mass is 372 g/mol. The molecule has 138 valence electrons. The molecule has 1 N–H and O–H groups in total. The van der Waals surface area contributed by atoms with Gasteiger partial charge in [0.1, 0.15) is 0 Å².